The fourth-order valence-corrected chi connectivity index (χ4v) is 4.10. The lowest BCUT2D eigenvalue weighted by molar-refractivity contribution is 0.217. The minimum Gasteiger partial charge on any atom is -0.424 e. The smallest absolute Gasteiger partial charge is 0.322 e. The third-order valence-corrected chi connectivity index (χ3v) is 5.37. The lowest BCUT2D eigenvalue weighted by Gasteiger charge is -2.35. The molecule has 3 atom stereocenters. The summed E-state index contributed by atoms with van der Waals surface area (Å²) < 4.78 is 20.9. The molecule has 2 heterocycles. The molecule has 0 radical (unpaired) electrons. The number of halogens is 1. The van der Waals surface area contributed by atoms with Crippen molar-refractivity contribution in [1.82, 2.24) is 19.7 Å². The van der Waals surface area contributed by atoms with Gasteiger partial charge in [-0.15, -0.1) is 5.10 Å². The molecule has 1 aromatic heterocycles. The Labute approximate surface area is 157 Å². The predicted octanol–water partition coefficient (Wildman–Crippen LogP) is 3.39. The maximum Gasteiger partial charge on any atom is 0.322 e. The number of nitrogens with one attached hydrogen (secondary N) is 1. The lowest BCUT2D eigenvalue weighted by Crippen LogP contribution is -2.46. The topological polar surface area (TPSA) is 79.0 Å². The van der Waals surface area contributed by atoms with Gasteiger partial charge in [0.15, 0.2) is 6.19 Å². The monoisotopic (exact) mass is 370 g/mol. The quantitative estimate of drug-likeness (QED) is 0.813. The van der Waals surface area contributed by atoms with Gasteiger partial charge in [-0.1, -0.05) is 6.07 Å². The normalized spacial score (nSPS) is 24.1. The average molecular weight is 370 g/mol. The summed E-state index contributed by atoms with van der Waals surface area (Å²) in [5.41, 5.74) is 0. The summed E-state index contributed by atoms with van der Waals surface area (Å²) in [6, 6.07) is 6.63. The Hall–Kier alpha value is -2.82. The van der Waals surface area contributed by atoms with Gasteiger partial charge in [0.1, 0.15) is 11.6 Å². The second kappa shape index (κ2) is 7.06. The van der Waals surface area contributed by atoms with Crippen molar-refractivity contribution >= 4 is 5.95 Å². The van der Waals surface area contributed by atoms with Gasteiger partial charge >= 0.3 is 6.01 Å². The van der Waals surface area contributed by atoms with Gasteiger partial charge in [-0.2, -0.15) is 10.2 Å². The Morgan fingerprint density at radius 2 is 2.04 bits per heavy atom. The number of piperidine rings is 1. The SMILES string of the molecule is CC(C)n1nc(NC2[C@@H]3CC[C@H]2CN(C#N)C3)nc1Oc1cccc(F)c1. The molecule has 2 bridgehead atoms. The van der Waals surface area contributed by atoms with Crippen LogP contribution in [0.4, 0.5) is 10.3 Å². The predicted molar refractivity (Wildman–Crippen MR) is 97.7 cm³/mol. The van der Waals surface area contributed by atoms with Crippen molar-refractivity contribution < 1.29 is 9.13 Å². The first-order valence-corrected chi connectivity index (χ1v) is 9.34. The van der Waals surface area contributed by atoms with Crippen LogP contribution in [0.5, 0.6) is 11.8 Å². The van der Waals surface area contributed by atoms with Crippen LogP contribution in [0.15, 0.2) is 24.3 Å². The van der Waals surface area contributed by atoms with Crippen molar-refractivity contribution in [2.75, 3.05) is 18.4 Å². The summed E-state index contributed by atoms with van der Waals surface area (Å²) in [5.74, 6) is 1.38. The van der Waals surface area contributed by atoms with Crippen LogP contribution in [0.2, 0.25) is 0 Å². The molecule has 27 heavy (non-hydrogen) atoms. The number of anilines is 1. The van der Waals surface area contributed by atoms with Gasteiger partial charge in [-0.05, 0) is 50.7 Å². The number of hydrogen-bond acceptors (Lipinski definition) is 6. The number of likely N-dealkylation sites (tertiary alicyclic amines) is 1. The molecule has 1 aromatic carbocycles. The first-order chi connectivity index (χ1) is 13.0. The number of nitriles is 1. The highest BCUT2D eigenvalue weighted by Gasteiger charge is 2.42. The molecule has 1 aliphatic carbocycles. The summed E-state index contributed by atoms with van der Waals surface area (Å²) >= 11 is 0. The van der Waals surface area contributed by atoms with Crippen molar-refractivity contribution in [2.24, 2.45) is 11.8 Å². The molecule has 2 fully saturated rings. The molecule has 1 saturated carbocycles. The van der Waals surface area contributed by atoms with Gasteiger partial charge in [0.05, 0.1) is 6.04 Å². The first-order valence-electron chi connectivity index (χ1n) is 9.34. The van der Waals surface area contributed by atoms with Gasteiger partial charge in [0, 0.05) is 25.2 Å². The highest BCUT2D eigenvalue weighted by molar-refractivity contribution is 5.32. The molecule has 8 heteroatoms. The molecule has 1 unspecified atom stereocenters. The van der Waals surface area contributed by atoms with Crippen LogP contribution < -0.4 is 10.1 Å². The Bertz CT molecular complexity index is 846. The molecule has 1 saturated heterocycles. The highest BCUT2D eigenvalue weighted by Crippen LogP contribution is 2.38. The molecule has 0 amide bonds. The minimum absolute atomic E-state index is 0.0498. The zero-order valence-electron chi connectivity index (χ0n) is 15.5. The van der Waals surface area contributed by atoms with Gasteiger partial charge in [-0.3, -0.25) is 0 Å². The van der Waals surface area contributed by atoms with E-state index >= 15 is 0 Å². The zero-order chi connectivity index (χ0) is 19.0. The molecule has 4 rings (SSSR count). The third kappa shape index (κ3) is 3.54. The molecular formula is C19H23FN6O. The van der Waals surface area contributed by atoms with Crippen molar-refractivity contribution in [1.29, 1.82) is 5.26 Å². The van der Waals surface area contributed by atoms with Crippen molar-refractivity contribution in [3.8, 4) is 18.0 Å². The Kier molecular flexibility index (Phi) is 4.60. The number of aromatic nitrogens is 3. The first kappa shape index (κ1) is 17.6. The fourth-order valence-electron chi connectivity index (χ4n) is 4.10. The molecule has 7 nitrogen and oxygen atoms in total. The second-order valence-corrected chi connectivity index (χ2v) is 7.59. The molecular weight excluding hydrogens is 347 g/mol. The van der Waals surface area contributed by atoms with E-state index < -0.39 is 0 Å². The molecule has 0 spiro atoms. The van der Waals surface area contributed by atoms with E-state index in [1.807, 2.05) is 18.7 Å². The number of benzene rings is 1. The van der Waals surface area contributed by atoms with E-state index in [2.05, 4.69) is 21.6 Å². The molecule has 1 aliphatic heterocycles. The van der Waals surface area contributed by atoms with Crippen molar-refractivity contribution in [2.45, 2.75) is 38.8 Å². The number of ether oxygens (including phenoxy) is 1. The van der Waals surface area contributed by atoms with Crippen molar-refractivity contribution in [3.63, 3.8) is 0 Å². The van der Waals surface area contributed by atoms with Crippen LogP contribution in [-0.2, 0) is 0 Å². The Morgan fingerprint density at radius 3 is 2.67 bits per heavy atom. The second-order valence-electron chi connectivity index (χ2n) is 7.59. The molecule has 1 N–H and O–H groups in total. The zero-order valence-corrected chi connectivity index (χ0v) is 15.5. The number of hydrogen-bond donors (Lipinski definition) is 1. The highest BCUT2D eigenvalue weighted by atomic mass is 19.1. The summed E-state index contributed by atoms with van der Waals surface area (Å²) in [6.45, 7) is 5.54. The standard InChI is InChI=1S/C19H23FN6O/c1-12(2)26-19(27-16-5-3-4-15(20)8-16)23-18(24-26)22-17-13-6-7-14(17)10-25(9-13)11-21/h3-5,8,12-14,17H,6-7,9-10H2,1-2H3,(H,22,24)/t13-,14+,17?. The van der Waals surface area contributed by atoms with Crippen LogP contribution in [0.3, 0.4) is 0 Å². The Morgan fingerprint density at radius 1 is 1.30 bits per heavy atom. The number of rotatable bonds is 5. The summed E-state index contributed by atoms with van der Waals surface area (Å²) in [4.78, 5) is 6.35. The van der Waals surface area contributed by atoms with Crippen LogP contribution in [0.25, 0.3) is 0 Å². The lowest BCUT2D eigenvalue weighted by atomic mass is 9.92. The average Bonchev–Trinajstić information content (AvgIpc) is 3.12. The van der Waals surface area contributed by atoms with E-state index in [9.17, 15) is 9.65 Å². The molecule has 2 aliphatic rings. The Balaban J connectivity index is 1.53. The summed E-state index contributed by atoms with van der Waals surface area (Å²) in [7, 11) is 0. The van der Waals surface area contributed by atoms with Gasteiger partial charge in [0.2, 0.25) is 5.95 Å². The van der Waals surface area contributed by atoms with E-state index in [4.69, 9.17) is 4.74 Å². The van der Waals surface area contributed by atoms with E-state index in [1.165, 1.54) is 12.1 Å². The van der Waals surface area contributed by atoms with E-state index in [0.717, 1.165) is 25.9 Å². The van der Waals surface area contributed by atoms with E-state index in [-0.39, 0.29) is 17.9 Å². The largest absolute Gasteiger partial charge is 0.424 e. The maximum absolute atomic E-state index is 13.4. The van der Waals surface area contributed by atoms with E-state index in [0.29, 0.717) is 29.5 Å². The van der Waals surface area contributed by atoms with Gasteiger partial charge < -0.3 is 15.0 Å². The van der Waals surface area contributed by atoms with Gasteiger partial charge in [0.25, 0.3) is 0 Å². The molecule has 2 aromatic rings. The summed E-state index contributed by atoms with van der Waals surface area (Å²) in [5, 5.41) is 17.2. The molecule has 142 valence electrons. The summed E-state index contributed by atoms with van der Waals surface area (Å²) in [6.07, 6.45) is 4.49. The minimum atomic E-state index is -0.359. The number of fused-ring (bicyclic) bond motifs is 2. The van der Waals surface area contributed by atoms with Crippen LogP contribution >= 0.6 is 0 Å². The number of nitrogens with zero attached hydrogens (tertiary/aromatic N) is 5. The van der Waals surface area contributed by atoms with Crippen LogP contribution in [0.1, 0.15) is 32.7 Å². The maximum atomic E-state index is 13.4. The van der Waals surface area contributed by atoms with Gasteiger partial charge in [-0.25, -0.2) is 9.07 Å². The van der Waals surface area contributed by atoms with Crippen LogP contribution in [0, 0.1) is 29.1 Å². The van der Waals surface area contributed by atoms with Crippen LogP contribution in [-0.4, -0.2) is 38.8 Å². The third-order valence-electron chi connectivity index (χ3n) is 5.37. The fraction of sp³-hybridized carbons (Fsp3) is 0.526. The van der Waals surface area contributed by atoms with E-state index in [1.54, 1.807) is 16.8 Å². The van der Waals surface area contributed by atoms with Crippen molar-refractivity contribution in [3.05, 3.63) is 30.1 Å².